The van der Waals surface area contributed by atoms with Gasteiger partial charge in [0.25, 0.3) is 0 Å². The summed E-state index contributed by atoms with van der Waals surface area (Å²) in [6, 6.07) is 7.27. The van der Waals surface area contributed by atoms with Crippen LogP contribution in [0.5, 0.6) is 5.75 Å². The molecule has 1 aromatic carbocycles. The lowest BCUT2D eigenvalue weighted by Gasteiger charge is -2.24. The van der Waals surface area contributed by atoms with E-state index in [9.17, 15) is 4.79 Å². The number of benzene rings is 1. The van der Waals surface area contributed by atoms with E-state index in [2.05, 4.69) is 24.5 Å². The van der Waals surface area contributed by atoms with Crippen LogP contribution in [0.25, 0.3) is 0 Å². The number of aliphatic hydroxyl groups is 1. The third kappa shape index (κ3) is 7.11. The first-order valence-corrected chi connectivity index (χ1v) is 7.22. The van der Waals surface area contributed by atoms with Crippen LogP contribution in [0, 0.1) is 5.41 Å². The molecule has 0 aliphatic carbocycles. The number of hydrogen-bond acceptors (Lipinski definition) is 4. The maximum atomic E-state index is 11.9. The first kappa shape index (κ1) is 17.5. The summed E-state index contributed by atoms with van der Waals surface area (Å²) in [5.74, 6) is 0.632. The van der Waals surface area contributed by atoms with E-state index >= 15 is 0 Å². The van der Waals surface area contributed by atoms with Gasteiger partial charge in [-0.15, -0.1) is 0 Å². The van der Waals surface area contributed by atoms with Crippen molar-refractivity contribution in [3.8, 4) is 5.75 Å². The monoisotopic (exact) mass is 294 g/mol. The highest BCUT2D eigenvalue weighted by atomic mass is 16.5. The van der Waals surface area contributed by atoms with Gasteiger partial charge < -0.3 is 20.5 Å². The van der Waals surface area contributed by atoms with Gasteiger partial charge in [0.15, 0.2) is 0 Å². The zero-order chi connectivity index (χ0) is 15.7. The molecule has 0 spiro atoms. The second-order valence-electron chi connectivity index (χ2n) is 5.88. The molecule has 1 rings (SSSR count). The van der Waals surface area contributed by atoms with Crippen LogP contribution in [0.2, 0.25) is 0 Å². The number of nitrogens with one attached hydrogen (secondary N) is 2. The predicted molar refractivity (Wildman–Crippen MR) is 84.6 cm³/mol. The first-order chi connectivity index (χ1) is 9.96. The van der Waals surface area contributed by atoms with E-state index < -0.39 is 0 Å². The first-order valence-electron chi connectivity index (χ1n) is 7.22. The number of rotatable bonds is 9. The molecule has 0 aliphatic rings. The topological polar surface area (TPSA) is 70.6 Å². The quantitative estimate of drug-likeness (QED) is 0.651. The zero-order valence-corrected chi connectivity index (χ0v) is 13.1. The Bertz CT molecular complexity index is 447. The number of aliphatic hydroxyl groups excluding tert-OH is 1. The minimum Gasteiger partial charge on any atom is -0.497 e. The van der Waals surface area contributed by atoms with Crippen molar-refractivity contribution in [2.75, 3.05) is 32.1 Å². The molecule has 0 bridgehead atoms. The van der Waals surface area contributed by atoms with E-state index in [1.807, 2.05) is 18.2 Å². The van der Waals surface area contributed by atoms with Gasteiger partial charge in [0, 0.05) is 24.9 Å². The van der Waals surface area contributed by atoms with Gasteiger partial charge in [-0.2, -0.15) is 0 Å². The summed E-state index contributed by atoms with van der Waals surface area (Å²) in [4.78, 5) is 11.9. The molecule has 118 valence electrons. The minimum absolute atomic E-state index is 0.0684. The number of ether oxygens (including phenoxy) is 1. The van der Waals surface area contributed by atoms with Gasteiger partial charge in [-0.1, -0.05) is 19.9 Å². The molecule has 5 nitrogen and oxygen atoms in total. The van der Waals surface area contributed by atoms with E-state index in [0.717, 1.165) is 25.1 Å². The highest BCUT2D eigenvalue weighted by Gasteiger charge is 2.17. The van der Waals surface area contributed by atoms with Crippen molar-refractivity contribution in [1.82, 2.24) is 5.32 Å². The Kier molecular flexibility index (Phi) is 7.19. The van der Waals surface area contributed by atoms with Gasteiger partial charge in [-0.05, 0) is 30.4 Å². The third-order valence-electron chi connectivity index (χ3n) is 3.25. The van der Waals surface area contributed by atoms with Gasteiger partial charge in [0.2, 0.25) is 5.91 Å². The lowest BCUT2D eigenvalue weighted by molar-refractivity contribution is -0.115. The van der Waals surface area contributed by atoms with Gasteiger partial charge in [0.05, 0.1) is 13.7 Å². The summed E-state index contributed by atoms with van der Waals surface area (Å²) in [5, 5.41) is 14.8. The summed E-state index contributed by atoms with van der Waals surface area (Å²) in [6.45, 7) is 5.45. The summed E-state index contributed by atoms with van der Waals surface area (Å²) in [5.41, 5.74) is 0.791. The lowest BCUT2D eigenvalue weighted by Crippen LogP contribution is -2.35. The van der Waals surface area contributed by atoms with Crippen LogP contribution in [0.4, 0.5) is 5.69 Å². The van der Waals surface area contributed by atoms with Crippen molar-refractivity contribution in [3.63, 3.8) is 0 Å². The summed E-state index contributed by atoms with van der Waals surface area (Å²) in [6.07, 6.45) is 1.71. The average molecular weight is 294 g/mol. The highest BCUT2D eigenvalue weighted by Crippen LogP contribution is 2.20. The second-order valence-corrected chi connectivity index (χ2v) is 5.88. The van der Waals surface area contributed by atoms with E-state index in [0.29, 0.717) is 5.75 Å². The molecule has 0 aromatic heterocycles. The van der Waals surface area contributed by atoms with Crippen molar-refractivity contribution in [2.24, 2.45) is 5.41 Å². The van der Waals surface area contributed by atoms with Crippen molar-refractivity contribution in [3.05, 3.63) is 24.3 Å². The fourth-order valence-corrected chi connectivity index (χ4v) is 2.07. The van der Waals surface area contributed by atoms with Crippen LogP contribution in [0.1, 0.15) is 26.7 Å². The largest absolute Gasteiger partial charge is 0.497 e. The molecule has 0 heterocycles. The third-order valence-corrected chi connectivity index (χ3v) is 3.25. The van der Waals surface area contributed by atoms with Crippen molar-refractivity contribution >= 4 is 11.6 Å². The minimum atomic E-state index is -0.0822. The average Bonchev–Trinajstić information content (AvgIpc) is 2.45. The molecule has 1 amide bonds. The number of carbonyl (C=O) groups is 1. The van der Waals surface area contributed by atoms with Gasteiger partial charge in [0.1, 0.15) is 5.75 Å². The molecule has 21 heavy (non-hydrogen) atoms. The van der Waals surface area contributed by atoms with Crippen LogP contribution in [-0.2, 0) is 4.79 Å². The number of carbonyl (C=O) groups excluding carboxylic acids is 1. The number of methoxy groups -OCH3 is 1. The molecule has 0 saturated carbocycles. The van der Waals surface area contributed by atoms with Crippen LogP contribution >= 0.6 is 0 Å². The Morgan fingerprint density at radius 3 is 2.81 bits per heavy atom. The van der Waals surface area contributed by atoms with Crippen molar-refractivity contribution in [1.29, 1.82) is 0 Å². The molecule has 5 heteroatoms. The molecule has 0 unspecified atom stereocenters. The Morgan fingerprint density at radius 2 is 2.14 bits per heavy atom. The second kappa shape index (κ2) is 8.64. The Hall–Kier alpha value is -1.59. The fraction of sp³-hybridized carbons (Fsp3) is 0.562. The predicted octanol–water partition coefficient (Wildman–Crippen LogP) is 2.02. The Balaban J connectivity index is 2.33. The van der Waals surface area contributed by atoms with Gasteiger partial charge in [-0.25, -0.2) is 0 Å². The van der Waals surface area contributed by atoms with E-state index in [4.69, 9.17) is 9.84 Å². The van der Waals surface area contributed by atoms with E-state index in [1.54, 1.807) is 13.2 Å². The van der Waals surface area contributed by atoms with Crippen LogP contribution in [0.3, 0.4) is 0 Å². The van der Waals surface area contributed by atoms with Crippen LogP contribution < -0.4 is 15.4 Å². The fourth-order valence-electron chi connectivity index (χ4n) is 2.07. The number of amides is 1. The summed E-state index contributed by atoms with van der Waals surface area (Å²) in [7, 11) is 1.59. The zero-order valence-electron chi connectivity index (χ0n) is 13.1. The molecule has 0 fully saturated rings. The SMILES string of the molecule is COc1cccc(NC(=O)CNCC(C)(C)CCCO)c1. The molecule has 0 radical (unpaired) electrons. The Labute approximate surface area is 126 Å². The van der Waals surface area contributed by atoms with Crippen molar-refractivity contribution in [2.45, 2.75) is 26.7 Å². The molecule has 3 N–H and O–H groups in total. The molecule has 0 aliphatic heterocycles. The Morgan fingerprint density at radius 1 is 1.38 bits per heavy atom. The maximum absolute atomic E-state index is 11.9. The molecular formula is C16H26N2O3. The van der Waals surface area contributed by atoms with Gasteiger partial charge >= 0.3 is 0 Å². The van der Waals surface area contributed by atoms with Crippen LogP contribution in [-0.4, -0.2) is 37.8 Å². The maximum Gasteiger partial charge on any atom is 0.238 e. The standard InChI is InChI=1S/C16H26N2O3/c1-16(2,8-5-9-19)12-17-11-15(20)18-13-6-4-7-14(10-13)21-3/h4,6-7,10,17,19H,5,8-9,11-12H2,1-3H3,(H,18,20). The number of hydrogen-bond donors (Lipinski definition) is 3. The normalized spacial score (nSPS) is 11.2. The van der Waals surface area contributed by atoms with E-state index in [1.165, 1.54) is 0 Å². The molecule has 0 atom stereocenters. The molecular weight excluding hydrogens is 268 g/mol. The molecule has 0 saturated heterocycles. The van der Waals surface area contributed by atoms with E-state index in [-0.39, 0.29) is 24.5 Å². The summed E-state index contributed by atoms with van der Waals surface area (Å²) < 4.78 is 5.11. The molecule has 1 aromatic rings. The number of anilines is 1. The smallest absolute Gasteiger partial charge is 0.238 e. The summed E-state index contributed by atoms with van der Waals surface area (Å²) >= 11 is 0. The van der Waals surface area contributed by atoms with Crippen LogP contribution in [0.15, 0.2) is 24.3 Å². The van der Waals surface area contributed by atoms with Gasteiger partial charge in [-0.3, -0.25) is 4.79 Å². The highest BCUT2D eigenvalue weighted by molar-refractivity contribution is 5.92. The lowest BCUT2D eigenvalue weighted by atomic mass is 9.88. The van der Waals surface area contributed by atoms with Crippen molar-refractivity contribution < 1.29 is 14.6 Å².